The molecule has 1 amide bonds. The van der Waals surface area contributed by atoms with Crippen LogP contribution in [0.4, 0.5) is 5.69 Å². The summed E-state index contributed by atoms with van der Waals surface area (Å²) in [4.78, 5) is 42.3. The largest absolute Gasteiger partial charge is 0.393 e. The van der Waals surface area contributed by atoms with Crippen molar-refractivity contribution in [2.24, 2.45) is 22.7 Å². The van der Waals surface area contributed by atoms with Crippen molar-refractivity contribution in [3.05, 3.63) is 63.1 Å². The average Bonchev–Trinajstić information content (AvgIpc) is 3.43. The number of fused-ring (bicyclic) bond motifs is 3. The van der Waals surface area contributed by atoms with E-state index in [0.717, 1.165) is 62.5 Å². The number of anilines is 1. The van der Waals surface area contributed by atoms with Crippen molar-refractivity contribution in [2.45, 2.75) is 109 Å². The van der Waals surface area contributed by atoms with Gasteiger partial charge in [0.05, 0.1) is 11.5 Å². The molecule has 0 bridgehead atoms. The summed E-state index contributed by atoms with van der Waals surface area (Å²) in [5.74, 6) is -0.547. The number of hydrogen-bond donors (Lipinski definition) is 2. The maximum absolute atomic E-state index is 14.7. The highest BCUT2D eigenvalue weighted by Crippen LogP contribution is 2.72. The summed E-state index contributed by atoms with van der Waals surface area (Å²) >= 11 is 13.2. The Hall–Kier alpha value is -2.21. The predicted molar refractivity (Wildman–Crippen MR) is 171 cm³/mol. The lowest BCUT2D eigenvalue weighted by atomic mass is 9.51. The highest BCUT2D eigenvalue weighted by atomic mass is 35.5. The zero-order chi connectivity index (χ0) is 30.7. The van der Waals surface area contributed by atoms with E-state index in [2.05, 4.69) is 19.2 Å². The summed E-state index contributed by atoms with van der Waals surface area (Å²) in [7, 11) is 0. The van der Waals surface area contributed by atoms with Crippen molar-refractivity contribution < 1.29 is 19.5 Å². The van der Waals surface area contributed by atoms with Crippen LogP contribution < -0.4 is 5.32 Å². The van der Waals surface area contributed by atoms with Gasteiger partial charge in [-0.05, 0) is 116 Å². The zero-order valence-electron chi connectivity index (χ0n) is 25.5. The van der Waals surface area contributed by atoms with E-state index in [0.29, 0.717) is 40.6 Å². The van der Waals surface area contributed by atoms with E-state index in [9.17, 15) is 19.5 Å². The van der Waals surface area contributed by atoms with E-state index in [-0.39, 0.29) is 34.9 Å². The second-order valence-electron chi connectivity index (χ2n) is 14.6. The SMILES string of the molecule is CCC(=O)c1cc(Cl)cc([C@H]2[C@H](C(=O)CC3CCC(O)CC3)CC3(CCC(C)(C)CC3)[C@@]23C(=O)Nc2cc(Cl)ccc23)c1. The first-order valence-electron chi connectivity index (χ1n) is 16.0. The van der Waals surface area contributed by atoms with E-state index in [4.69, 9.17) is 23.2 Å². The average molecular weight is 625 g/mol. The molecule has 5 nitrogen and oxygen atoms in total. The van der Waals surface area contributed by atoms with Gasteiger partial charge < -0.3 is 10.4 Å². The number of benzene rings is 2. The van der Waals surface area contributed by atoms with E-state index >= 15 is 0 Å². The van der Waals surface area contributed by atoms with Gasteiger partial charge in [-0.3, -0.25) is 14.4 Å². The van der Waals surface area contributed by atoms with Crippen molar-refractivity contribution in [3.63, 3.8) is 0 Å². The van der Waals surface area contributed by atoms with Gasteiger partial charge in [-0.1, -0.05) is 50.0 Å². The number of halogens is 2. The van der Waals surface area contributed by atoms with Crippen LogP contribution in [-0.2, 0) is 15.0 Å². The smallest absolute Gasteiger partial charge is 0.236 e. The number of nitrogens with one attached hydrogen (secondary N) is 1. The number of carbonyl (C=O) groups excluding carboxylic acids is 3. The molecule has 1 aliphatic heterocycles. The molecule has 1 heterocycles. The van der Waals surface area contributed by atoms with Gasteiger partial charge in [0, 0.05) is 46.0 Å². The third kappa shape index (κ3) is 5.17. The summed E-state index contributed by atoms with van der Waals surface area (Å²) < 4.78 is 0. The molecule has 2 aromatic carbocycles. The summed E-state index contributed by atoms with van der Waals surface area (Å²) in [6.07, 6.45) is 7.86. The summed E-state index contributed by atoms with van der Waals surface area (Å²) in [5, 5.41) is 14.3. The first kappa shape index (κ1) is 30.8. The van der Waals surface area contributed by atoms with Crippen LogP contribution in [0.2, 0.25) is 10.0 Å². The molecule has 3 saturated carbocycles. The van der Waals surface area contributed by atoms with Crippen LogP contribution in [0.5, 0.6) is 0 Å². The Labute approximate surface area is 265 Å². The minimum absolute atomic E-state index is 0.0170. The van der Waals surface area contributed by atoms with Crippen LogP contribution in [0.25, 0.3) is 0 Å². The van der Waals surface area contributed by atoms with Crippen LogP contribution in [0, 0.1) is 22.7 Å². The van der Waals surface area contributed by atoms with Crippen molar-refractivity contribution >= 4 is 46.4 Å². The normalized spacial score (nSPS) is 30.8. The predicted octanol–water partition coefficient (Wildman–Crippen LogP) is 8.68. The maximum atomic E-state index is 14.7. The second kappa shape index (κ2) is 11.3. The monoisotopic (exact) mass is 623 g/mol. The fourth-order valence-corrected chi connectivity index (χ4v) is 9.62. The minimum atomic E-state index is -0.996. The molecule has 4 aliphatic rings. The molecule has 2 spiro atoms. The fraction of sp³-hybridized carbons (Fsp3) is 0.583. The van der Waals surface area contributed by atoms with Crippen LogP contribution in [-0.4, -0.2) is 28.7 Å². The molecule has 7 heteroatoms. The Bertz CT molecular complexity index is 1450. The molecule has 2 aromatic rings. The lowest BCUT2D eigenvalue weighted by Crippen LogP contribution is -2.52. The van der Waals surface area contributed by atoms with Crippen molar-refractivity contribution in [1.82, 2.24) is 0 Å². The third-order valence-corrected chi connectivity index (χ3v) is 12.0. The molecule has 3 aliphatic carbocycles. The lowest BCUT2D eigenvalue weighted by Gasteiger charge is -2.51. The number of ketones is 2. The number of hydrogen-bond acceptors (Lipinski definition) is 4. The number of aliphatic hydroxyl groups excluding tert-OH is 1. The highest BCUT2D eigenvalue weighted by Gasteiger charge is 2.72. The number of rotatable bonds is 6. The Morgan fingerprint density at radius 3 is 2.33 bits per heavy atom. The van der Waals surface area contributed by atoms with Gasteiger partial charge in [-0.2, -0.15) is 0 Å². The Kier molecular flexibility index (Phi) is 8.09. The second-order valence-corrected chi connectivity index (χ2v) is 15.5. The fourth-order valence-electron chi connectivity index (χ4n) is 9.20. The molecular weight excluding hydrogens is 581 g/mol. The topological polar surface area (TPSA) is 83.5 Å². The van der Waals surface area contributed by atoms with Gasteiger partial charge >= 0.3 is 0 Å². The molecule has 6 rings (SSSR count). The molecule has 0 unspecified atom stereocenters. The van der Waals surface area contributed by atoms with E-state index < -0.39 is 22.7 Å². The third-order valence-electron chi connectivity index (χ3n) is 11.5. The van der Waals surface area contributed by atoms with E-state index in [1.165, 1.54) is 0 Å². The quantitative estimate of drug-likeness (QED) is 0.315. The molecule has 0 saturated heterocycles. The molecular formula is C36H43Cl2NO4. The van der Waals surface area contributed by atoms with Gasteiger partial charge in [-0.15, -0.1) is 0 Å². The molecule has 43 heavy (non-hydrogen) atoms. The van der Waals surface area contributed by atoms with Crippen LogP contribution >= 0.6 is 23.2 Å². The van der Waals surface area contributed by atoms with Crippen molar-refractivity contribution in [1.29, 1.82) is 0 Å². The molecule has 2 N–H and O–H groups in total. The van der Waals surface area contributed by atoms with Gasteiger partial charge in [-0.25, -0.2) is 0 Å². The Balaban J connectivity index is 1.55. The number of aliphatic hydroxyl groups is 1. The van der Waals surface area contributed by atoms with Crippen LogP contribution in [0.15, 0.2) is 36.4 Å². The minimum Gasteiger partial charge on any atom is -0.393 e. The molecule has 3 fully saturated rings. The number of carbonyl (C=O) groups is 3. The summed E-state index contributed by atoms with van der Waals surface area (Å²) in [5.41, 5.74) is 1.66. The number of amides is 1. The van der Waals surface area contributed by atoms with Crippen LogP contribution in [0.1, 0.15) is 119 Å². The molecule has 0 aromatic heterocycles. The van der Waals surface area contributed by atoms with Gasteiger partial charge in [0.1, 0.15) is 5.78 Å². The molecule has 3 atom stereocenters. The highest BCUT2D eigenvalue weighted by molar-refractivity contribution is 6.31. The van der Waals surface area contributed by atoms with E-state index in [1.807, 2.05) is 37.3 Å². The first-order chi connectivity index (χ1) is 20.4. The van der Waals surface area contributed by atoms with Crippen LogP contribution in [0.3, 0.4) is 0 Å². The zero-order valence-corrected chi connectivity index (χ0v) is 27.0. The lowest BCUT2D eigenvalue weighted by molar-refractivity contribution is -0.127. The van der Waals surface area contributed by atoms with E-state index in [1.54, 1.807) is 6.07 Å². The Morgan fingerprint density at radius 2 is 1.65 bits per heavy atom. The van der Waals surface area contributed by atoms with Crippen molar-refractivity contribution in [2.75, 3.05) is 5.32 Å². The van der Waals surface area contributed by atoms with Gasteiger partial charge in [0.25, 0.3) is 0 Å². The first-order valence-corrected chi connectivity index (χ1v) is 16.8. The summed E-state index contributed by atoms with van der Waals surface area (Å²) in [6.45, 7) is 6.42. The van der Waals surface area contributed by atoms with Gasteiger partial charge in [0.2, 0.25) is 5.91 Å². The standard InChI is InChI=1S/C36H43Cl2NO4/c1-4-30(41)22-16-23(18-25(38)17-22)32-27(31(42)15-21-5-8-26(40)9-6-21)20-35(13-11-34(2,3)12-14-35)36(32)28-10-7-24(37)19-29(28)39-33(36)43/h7,10,16-19,21,26-27,32,40H,4-6,8-9,11-15,20H2,1-3H3,(H,39,43)/t21?,26?,27-,32-,36+/m0/s1. The Morgan fingerprint density at radius 1 is 0.953 bits per heavy atom. The maximum Gasteiger partial charge on any atom is 0.236 e. The number of Topliss-reactive ketones (excluding diaryl/α,β-unsaturated/α-hetero) is 2. The molecule has 0 radical (unpaired) electrons. The van der Waals surface area contributed by atoms with Gasteiger partial charge in [0.15, 0.2) is 5.78 Å². The van der Waals surface area contributed by atoms with Crippen molar-refractivity contribution in [3.8, 4) is 0 Å². The molecule has 230 valence electrons. The summed E-state index contributed by atoms with van der Waals surface area (Å²) in [6, 6.07) is 11.1.